The quantitative estimate of drug-likeness (QED) is 0.766. The number of hydrogen-bond acceptors (Lipinski definition) is 4. The van der Waals surface area contributed by atoms with Crippen molar-refractivity contribution in [1.82, 2.24) is 4.90 Å². The van der Waals surface area contributed by atoms with Crippen LogP contribution in [0, 0.1) is 0 Å². The maximum atomic E-state index is 12.8. The number of amides is 1. The molecule has 26 heavy (non-hydrogen) atoms. The summed E-state index contributed by atoms with van der Waals surface area (Å²) in [6.45, 7) is 0.654. The van der Waals surface area contributed by atoms with Crippen LogP contribution < -0.4 is 0 Å². The summed E-state index contributed by atoms with van der Waals surface area (Å²) in [5, 5.41) is 8.82. The number of carboxylic acid groups (broad SMARTS) is 1. The van der Waals surface area contributed by atoms with Crippen molar-refractivity contribution in [3.63, 3.8) is 0 Å². The highest BCUT2D eigenvalue weighted by atomic mass is 32.2. The summed E-state index contributed by atoms with van der Waals surface area (Å²) in [6, 6.07) is 15.2. The number of hydrogen-bond donors (Lipinski definition) is 1. The van der Waals surface area contributed by atoms with Gasteiger partial charge in [-0.25, -0.2) is 8.42 Å². The van der Waals surface area contributed by atoms with E-state index in [0.29, 0.717) is 25.1 Å². The summed E-state index contributed by atoms with van der Waals surface area (Å²) in [6.07, 6.45) is 1.43. The molecule has 1 amide bonds. The van der Waals surface area contributed by atoms with Crippen molar-refractivity contribution in [2.75, 3.05) is 12.8 Å². The second-order valence-electron chi connectivity index (χ2n) is 6.01. The average Bonchev–Trinajstić information content (AvgIpc) is 2.60. The van der Waals surface area contributed by atoms with Gasteiger partial charge in [0.25, 0.3) is 5.91 Å². The molecular formula is C19H21NO5S. The molecule has 0 radical (unpaired) electrons. The molecule has 138 valence electrons. The molecule has 0 aromatic heterocycles. The smallest absolute Gasteiger partial charge is 0.303 e. The molecule has 0 bridgehead atoms. The fraction of sp³-hybridized carbons (Fsp3) is 0.263. The molecule has 0 saturated heterocycles. The number of carbonyl (C=O) groups is 2. The van der Waals surface area contributed by atoms with Gasteiger partial charge in [0.05, 0.1) is 4.90 Å². The standard InChI is InChI=1S/C19H21NO5S/c1-26(24,25)17-11-9-16(10-12-17)19(23)20(13-5-8-18(21)22)14-15-6-3-2-4-7-15/h2-4,6-7,9-12H,5,8,13-14H2,1H3,(H,21,22). The van der Waals surface area contributed by atoms with Crippen LogP contribution in [0.4, 0.5) is 0 Å². The fourth-order valence-corrected chi connectivity index (χ4v) is 3.14. The second kappa shape index (κ2) is 8.62. The van der Waals surface area contributed by atoms with Crippen LogP contribution >= 0.6 is 0 Å². The van der Waals surface area contributed by atoms with Crippen molar-refractivity contribution in [2.24, 2.45) is 0 Å². The Bertz CT molecular complexity index is 861. The van der Waals surface area contributed by atoms with E-state index >= 15 is 0 Å². The summed E-state index contributed by atoms with van der Waals surface area (Å²) < 4.78 is 23.1. The van der Waals surface area contributed by atoms with Gasteiger partial charge in [-0.3, -0.25) is 9.59 Å². The van der Waals surface area contributed by atoms with Gasteiger partial charge in [-0.15, -0.1) is 0 Å². The molecule has 0 atom stereocenters. The van der Waals surface area contributed by atoms with Crippen LogP contribution in [0.3, 0.4) is 0 Å². The van der Waals surface area contributed by atoms with Crippen LogP contribution in [0.1, 0.15) is 28.8 Å². The van der Waals surface area contributed by atoms with Crippen LogP contribution in [-0.2, 0) is 21.2 Å². The SMILES string of the molecule is CS(=O)(=O)c1ccc(C(=O)N(CCCC(=O)O)Cc2ccccc2)cc1. The van der Waals surface area contributed by atoms with Crippen LogP contribution in [0.25, 0.3) is 0 Å². The number of sulfone groups is 1. The molecule has 0 heterocycles. The van der Waals surface area contributed by atoms with Crippen molar-refractivity contribution >= 4 is 21.7 Å². The van der Waals surface area contributed by atoms with Gasteiger partial charge in [0.15, 0.2) is 9.84 Å². The highest BCUT2D eigenvalue weighted by Crippen LogP contribution is 2.15. The highest BCUT2D eigenvalue weighted by molar-refractivity contribution is 7.90. The van der Waals surface area contributed by atoms with E-state index < -0.39 is 15.8 Å². The molecule has 0 fully saturated rings. The van der Waals surface area contributed by atoms with Crippen molar-refractivity contribution in [3.8, 4) is 0 Å². The third-order valence-corrected chi connectivity index (χ3v) is 4.98. The van der Waals surface area contributed by atoms with Gasteiger partial charge in [0.1, 0.15) is 0 Å². The lowest BCUT2D eigenvalue weighted by Gasteiger charge is -2.23. The number of carbonyl (C=O) groups excluding carboxylic acids is 1. The maximum Gasteiger partial charge on any atom is 0.303 e. The van der Waals surface area contributed by atoms with Gasteiger partial charge in [0.2, 0.25) is 0 Å². The molecule has 2 rings (SSSR count). The van der Waals surface area contributed by atoms with Crippen molar-refractivity contribution in [2.45, 2.75) is 24.3 Å². The summed E-state index contributed by atoms with van der Waals surface area (Å²) in [7, 11) is -3.33. The summed E-state index contributed by atoms with van der Waals surface area (Å²) >= 11 is 0. The maximum absolute atomic E-state index is 12.8. The first-order valence-electron chi connectivity index (χ1n) is 8.12. The minimum Gasteiger partial charge on any atom is -0.481 e. The molecule has 7 heteroatoms. The summed E-state index contributed by atoms with van der Waals surface area (Å²) in [5.74, 6) is -1.17. The average molecular weight is 375 g/mol. The number of aliphatic carboxylic acids is 1. The normalized spacial score (nSPS) is 11.1. The zero-order valence-electron chi connectivity index (χ0n) is 14.5. The van der Waals surface area contributed by atoms with E-state index in [4.69, 9.17) is 5.11 Å². The molecule has 0 aliphatic heterocycles. The number of benzene rings is 2. The molecule has 2 aromatic carbocycles. The minimum absolute atomic E-state index is 0.0222. The molecular weight excluding hydrogens is 354 g/mol. The first-order valence-corrected chi connectivity index (χ1v) is 10.0. The van der Waals surface area contributed by atoms with E-state index in [2.05, 4.69) is 0 Å². The zero-order valence-corrected chi connectivity index (χ0v) is 15.3. The van der Waals surface area contributed by atoms with Crippen LogP contribution in [0.2, 0.25) is 0 Å². The lowest BCUT2D eigenvalue weighted by molar-refractivity contribution is -0.137. The molecule has 0 saturated carbocycles. The monoisotopic (exact) mass is 375 g/mol. The zero-order chi connectivity index (χ0) is 19.2. The number of carboxylic acids is 1. The molecule has 2 aromatic rings. The Morgan fingerprint density at radius 3 is 2.15 bits per heavy atom. The Labute approximate surface area is 153 Å². The summed E-state index contributed by atoms with van der Waals surface area (Å²) in [4.78, 5) is 25.3. The second-order valence-corrected chi connectivity index (χ2v) is 8.02. The van der Waals surface area contributed by atoms with Crippen LogP contribution in [0.5, 0.6) is 0 Å². The Balaban J connectivity index is 2.19. The molecule has 0 unspecified atom stereocenters. The van der Waals surface area contributed by atoms with Gasteiger partial charge >= 0.3 is 5.97 Å². The Morgan fingerprint density at radius 1 is 1.00 bits per heavy atom. The Hall–Kier alpha value is -2.67. The van der Waals surface area contributed by atoms with E-state index in [9.17, 15) is 18.0 Å². The fourth-order valence-electron chi connectivity index (χ4n) is 2.50. The largest absolute Gasteiger partial charge is 0.481 e. The lowest BCUT2D eigenvalue weighted by Crippen LogP contribution is -2.31. The van der Waals surface area contributed by atoms with Gasteiger partial charge in [0, 0.05) is 31.3 Å². The van der Waals surface area contributed by atoms with E-state index in [-0.39, 0.29) is 17.2 Å². The van der Waals surface area contributed by atoms with E-state index in [1.165, 1.54) is 24.3 Å². The molecule has 0 aliphatic carbocycles. The Morgan fingerprint density at radius 2 is 1.62 bits per heavy atom. The van der Waals surface area contributed by atoms with Crippen molar-refractivity contribution in [1.29, 1.82) is 0 Å². The highest BCUT2D eigenvalue weighted by Gasteiger charge is 2.17. The molecule has 0 spiro atoms. The third kappa shape index (κ3) is 5.70. The summed E-state index contributed by atoms with van der Waals surface area (Å²) in [5.41, 5.74) is 1.30. The van der Waals surface area contributed by atoms with Gasteiger partial charge in [-0.2, -0.15) is 0 Å². The van der Waals surface area contributed by atoms with Gasteiger partial charge in [-0.1, -0.05) is 30.3 Å². The molecule has 0 aliphatic rings. The van der Waals surface area contributed by atoms with Crippen LogP contribution in [0.15, 0.2) is 59.5 Å². The van der Waals surface area contributed by atoms with Crippen molar-refractivity contribution < 1.29 is 23.1 Å². The lowest BCUT2D eigenvalue weighted by atomic mass is 10.1. The minimum atomic E-state index is -3.33. The Kier molecular flexibility index (Phi) is 6.52. The molecule has 6 nitrogen and oxygen atoms in total. The van der Waals surface area contributed by atoms with Gasteiger partial charge in [-0.05, 0) is 36.2 Å². The predicted octanol–water partition coefficient (Wildman–Crippen LogP) is 2.60. The topological polar surface area (TPSA) is 91.8 Å². The van der Waals surface area contributed by atoms with Crippen LogP contribution in [-0.4, -0.2) is 43.1 Å². The van der Waals surface area contributed by atoms with Gasteiger partial charge < -0.3 is 10.0 Å². The van der Waals surface area contributed by atoms with Crippen molar-refractivity contribution in [3.05, 3.63) is 65.7 Å². The van der Waals surface area contributed by atoms with E-state index in [1.807, 2.05) is 30.3 Å². The number of rotatable bonds is 8. The third-order valence-electron chi connectivity index (χ3n) is 3.85. The van der Waals surface area contributed by atoms with E-state index in [0.717, 1.165) is 11.8 Å². The first-order chi connectivity index (χ1) is 12.3. The van der Waals surface area contributed by atoms with E-state index in [1.54, 1.807) is 4.90 Å². The number of nitrogens with zero attached hydrogens (tertiary/aromatic N) is 1. The predicted molar refractivity (Wildman–Crippen MR) is 97.6 cm³/mol. The molecule has 1 N–H and O–H groups in total. The first kappa shape index (κ1) is 19.7.